The molecule has 0 radical (unpaired) electrons. The molecule has 0 aliphatic heterocycles. The Bertz CT molecular complexity index is 521. The van der Waals surface area contributed by atoms with Gasteiger partial charge < -0.3 is 4.98 Å². The van der Waals surface area contributed by atoms with E-state index in [1.165, 1.54) is 0 Å². The Morgan fingerprint density at radius 1 is 1.57 bits per heavy atom. The summed E-state index contributed by atoms with van der Waals surface area (Å²) in [5, 5.41) is 10.8. The molecule has 0 unspecified atom stereocenters. The SMILES string of the molecule is Cc1nc2ccc(Br)c([N+](=O)[O-])c2[nH]1. The number of aromatic nitrogens is 2. The molecule has 0 saturated heterocycles. The summed E-state index contributed by atoms with van der Waals surface area (Å²) in [6.07, 6.45) is 0. The van der Waals surface area contributed by atoms with Gasteiger partial charge in [-0.15, -0.1) is 0 Å². The van der Waals surface area contributed by atoms with Crippen molar-refractivity contribution in [1.82, 2.24) is 9.97 Å². The molecule has 0 saturated carbocycles. The zero-order valence-corrected chi connectivity index (χ0v) is 8.83. The summed E-state index contributed by atoms with van der Waals surface area (Å²) < 4.78 is 0.457. The molecule has 0 aliphatic rings. The number of hydrogen-bond acceptors (Lipinski definition) is 3. The van der Waals surface area contributed by atoms with E-state index in [-0.39, 0.29) is 5.69 Å². The number of aromatic amines is 1. The molecule has 2 aromatic rings. The lowest BCUT2D eigenvalue weighted by atomic mass is 10.3. The third-order valence-corrected chi connectivity index (χ3v) is 2.52. The van der Waals surface area contributed by atoms with Gasteiger partial charge in [-0.3, -0.25) is 10.1 Å². The van der Waals surface area contributed by atoms with Crippen molar-refractivity contribution < 1.29 is 4.92 Å². The van der Waals surface area contributed by atoms with E-state index in [9.17, 15) is 10.1 Å². The minimum Gasteiger partial charge on any atom is -0.337 e. The maximum absolute atomic E-state index is 10.8. The number of nitrogens with zero attached hydrogens (tertiary/aromatic N) is 2. The number of halogens is 1. The average Bonchev–Trinajstić information content (AvgIpc) is 2.43. The van der Waals surface area contributed by atoms with Gasteiger partial charge in [0.2, 0.25) is 0 Å². The minimum atomic E-state index is -0.427. The lowest BCUT2D eigenvalue weighted by molar-refractivity contribution is -0.384. The number of hydrogen-bond donors (Lipinski definition) is 1. The van der Waals surface area contributed by atoms with E-state index in [1.807, 2.05) is 0 Å². The average molecular weight is 256 g/mol. The fourth-order valence-corrected chi connectivity index (χ4v) is 1.81. The van der Waals surface area contributed by atoms with Crippen molar-refractivity contribution in [2.75, 3.05) is 0 Å². The second-order valence-corrected chi connectivity index (χ2v) is 3.72. The lowest BCUT2D eigenvalue weighted by Gasteiger charge is -1.95. The Kier molecular flexibility index (Phi) is 1.99. The number of nitro groups is 1. The van der Waals surface area contributed by atoms with Crippen molar-refractivity contribution in [3.8, 4) is 0 Å². The first-order valence-corrected chi connectivity index (χ1v) is 4.68. The van der Waals surface area contributed by atoms with Crippen LogP contribution in [0.5, 0.6) is 0 Å². The molecule has 0 bridgehead atoms. The summed E-state index contributed by atoms with van der Waals surface area (Å²) in [7, 11) is 0. The van der Waals surface area contributed by atoms with Crippen LogP contribution < -0.4 is 0 Å². The predicted molar refractivity (Wildman–Crippen MR) is 55.2 cm³/mol. The third-order valence-electron chi connectivity index (χ3n) is 1.88. The summed E-state index contributed by atoms with van der Waals surface area (Å²) in [4.78, 5) is 17.3. The number of nitro benzene ring substituents is 1. The summed E-state index contributed by atoms with van der Waals surface area (Å²) in [5.74, 6) is 0.668. The Labute approximate surface area is 87.4 Å². The highest BCUT2D eigenvalue weighted by molar-refractivity contribution is 9.10. The number of benzene rings is 1. The van der Waals surface area contributed by atoms with Crippen LogP contribution in [0.2, 0.25) is 0 Å². The van der Waals surface area contributed by atoms with Crippen LogP contribution in [0.25, 0.3) is 11.0 Å². The zero-order valence-electron chi connectivity index (χ0n) is 7.24. The van der Waals surface area contributed by atoms with Crippen LogP contribution in [-0.2, 0) is 0 Å². The topological polar surface area (TPSA) is 71.8 Å². The van der Waals surface area contributed by atoms with Crippen molar-refractivity contribution in [3.05, 3.63) is 32.5 Å². The largest absolute Gasteiger partial charge is 0.337 e. The minimum absolute atomic E-state index is 0.0306. The number of imidazole rings is 1. The Hall–Kier alpha value is -1.43. The third kappa shape index (κ3) is 1.27. The fourth-order valence-electron chi connectivity index (χ4n) is 1.34. The van der Waals surface area contributed by atoms with Gasteiger partial charge in [-0.2, -0.15) is 0 Å². The number of nitrogens with one attached hydrogen (secondary N) is 1. The van der Waals surface area contributed by atoms with Gasteiger partial charge in [-0.25, -0.2) is 4.98 Å². The van der Waals surface area contributed by atoms with E-state index < -0.39 is 4.92 Å². The monoisotopic (exact) mass is 255 g/mol. The molecule has 0 fully saturated rings. The highest BCUT2D eigenvalue weighted by atomic mass is 79.9. The molecular weight excluding hydrogens is 250 g/mol. The van der Waals surface area contributed by atoms with Crippen molar-refractivity contribution in [3.63, 3.8) is 0 Å². The molecule has 14 heavy (non-hydrogen) atoms. The fraction of sp³-hybridized carbons (Fsp3) is 0.125. The first-order valence-electron chi connectivity index (χ1n) is 3.89. The van der Waals surface area contributed by atoms with E-state index in [1.54, 1.807) is 19.1 Å². The van der Waals surface area contributed by atoms with Crippen LogP contribution in [0.4, 0.5) is 5.69 Å². The lowest BCUT2D eigenvalue weighted by Crippen LogP contribution is -1.90. The van der Waals surface area contributed by atoms with Crippen molar-refractivity contribution >= 4 is 32.7 Å². The maximum Gasteiger partial charge on any atom is 0.308 e. The molecule has 72 valence electrons. The predicted octanol–water partition coefficient (Wildman–Crippen LogP) is 2.54. The number of aryl methyl sites for hydroxylation is 1. The molecule has 0 aliphatic carbocycles. The molecular formula is C8H6BrN3O2. The Balaban J connectivity index is 2.88. The summed E-state index contributed by atoms with van der Waals surface area (Å²) >= 11 is 3.14. The van der Waals surface area contributed by atoms with Gasteiger partial charge in [0.15, 0.2) is 0 Å². The first kappa shape index (κ1) is 9.14. The van der Waals surface area contributed by atoms with Gasteiger partial charge >= 0.3 is 5.69 Å². The van der Waals surface area contributed by atoms with Gasteiger partial charge in [0.25, 0.3) is 0 Å². The van der Waals surface area contributed by atoms with Gasteiger partial charge in [-0.1, -0.05) is 0 Å². The van der Waals surface area contributed by atoms with Crippen LogP contribution in [0.1, 0.15) is 5.82 Å². The molecule has 6 heteroatoms. The van der Waals surface area contributed by atoms with Crippen LogP contribution in [0.3, 0.4) is 0 Å². The highest BCUT2D eigenvalue weighted by Crippen LogP contribution is 2.31. The maximum atomic E-state index is 10.8. The quantitative estimate of drug-likeness (QED) is 0.629. The molecule has 1 aromatic carbocycles. The normalized spacial score (nSPS) is 10.7. The smallest absolute Gasteiger partial charge is 0.308 e. The molecule has 0 atom stereocenters. The van der Waals surface area contributed by atoms with Crippen molar-refractivity contribution in [2.24, 2.45) is 0 Å². The molecule has 5 nitrogen and oxygen atoms in total. The van der Waals surface area contributed by atoms with E-state index in [2.05, 4.69) is 25.9 Å². The summed E-state index contributed by atoms with van der Waals surface area (Å²) in [6, 6.07) is 3.36. The summed E-state index contributed by atoms with van der Waals surface area (Å²) in [5.41, 5.74) is 1.10. The van der Waals surface area contributed by atoms with E-state index in [0.717, 1.165) is 0 Å². The molecule has 1 aromatic heterocycles. The molecule has 0 spiro atoms. The van der Waals surface area contributed by atoms with Crippen LogP contribution in [0, 0.1) is 17.0 Å². The van der Waals surface area contributed by atoms with Gasteiger partial charge in [-0.05, 0) is 35.0 Å². The van der Waals surface area contributed by atoms with Gasteiger partial charge in [0.1, 0.15) is 11.3 Å². The van der Waals surface area contributed by atoms with E-state index >= 15 is 0 Å². The molecule has 2 rings (SSSR count). The second kappa shape index (κ2) is 3.06. The number of H-pyrrole nitrogens is 1. The Morgan fingerprint density at radius 3 is 2.93 bits per heavy atom. The second-order valence-electron chi connectivity index (χ2n) is 2.87. The van der Waals surface area contributed by atoms with Crippen molar-refractivity contribution in [2.45, 2.75) is 6.92 Å². The van der Waals surface area contributed by atoms with Crippen LogP contribution in [-0.4, -0.2) is 14.9 Å². The molecule has 0 amide bonds. The zero-order chi connectivity index (χ0) is 10.3. The standard InChI is InChI=1S/C8H6BrN3O2/c1-4-10-6-3-2-5(9)8(12(13)14)7(6)11-4/h2-3H,1H3,(H,10,11). The van der Waals surface area contributed by atoms with E-state index in [0.29, 0.717) is 21.3 Å². The van der Waals surface area contributed by atoms with Gasteiger partial charge in [0.05, 0.1) is 14.9 Å². The van der Waals surface area contributed by atoms with Crippen LogP contribution in [0.15, 0.2) is 16.6 Å². The molecule has 1 N–H and O–H groups in total. The number of rotatable bonds is 1. The highest BCUT2D eigenvalue weighted by Gasteiger charge is 2.18. The molecule has 1 heterocycles. The van der Waals surface area contributed by atoms with Crippen molar-refractivity contribution in [1.29, 1.82) is 0 Å². The Morgan fingerprint density at radius 2 is 2.29 bits per heavy atom. The summed E-state index contributed by atoms with van der Waals surface area (Å²) in [6.45, 7) is 1.76. The van der Waals surface area contributed by atoms with Gasteiger partial charge in [0, 0.05) is 0 Å². The van der Waals surface area contributed by atoms with Crippen LogP contribution >= 0.6 is 15.9 Å². The van der Waals surface area contributed by atoms with E-state index in [4.69, 9.17) is 0 Å². The number of fused-ring (bicyclic) bond motifs is 1. The first-order chi connectivity index (χ1) is 6.59.